The van der Waals surface area contributed by atoms with Crippen LogP contribution in [0.2, 0.25) is 0 Å². The van der Waals surface area contributed by atoms with Crippen molar-refractivity contribution in [2.24, 2.45) is 0 Å². The molecule has 0 saturated carbocycles. The summed E-state index contributed by atoms with van der Waals surface area (Å²) in [7, 11) is 0. The molecule has 0 aromatic heterocycles. The number of hydrogen-bond donors (Lipinski definition) is 2. The number of rotatable bonds is 8. The van der Waals surface area contributed by atoms with Crippen molar-refractivity contribution in [3.63, 3.8) is 0 Å². The van der Waals surface area contributed by atoms with Crippen LogP contribution in [0.15, 0.2) is 42.5 Å². The summed E-state index contributed by atoms with van der Waals surface area (Å²) in [5, 5.41) is 6.45. The molecule has 0 aliphatic rings. The molecule has 0 spiro atoms. The molecule has 0 saturated heterocycles. The minimum Gasteiger partial charge on any atom is -0.326 e. The van der Waals surface area contributed by atoms with Gasteiger partial charge in [0.25, 0.3) is 0 Å². The summed E-state index contributed by atoms with van der Waals surface area (Å²) in [4.78, 5) is 12.3. The van der Waals surface area contributed by atoms with E-state index < -0.39 is 0 Å². The van der Waals surface area contributed by atoms with E-state index in [9.17, 15) is 4.79 Å². The predicted molar refractivity (Wildman–Crippen MR) is 101 cm³/mol. The number of hydrogen-bond acceptors (Lipinski definition) is 2. The third-order valence-corrected chi connectivity index (χ3v) is 4.20. The highest BCUT2D eigenvalue weighted by molar-refractivity contribution is 5.92. The molecule has 0 bridgehead atoms. The largest absolute Gasteiger partial charge is 0.326 e. The van der Waals surface area contributed by atoms with Crippen molar-refractivity contribution in [2.75, 3.05) is 11.9 Å². The Bertz CT molecular complexity index is 657. The molecule has 3 nitrogen and oxygen atoms in total. The van der Waals surface area contributed by atoms with Crippen LogP contribution in [0, 0.1) is 6.92 Å². The average molecular weight is 324 g/mol. The Hall–Kier alpha value is -2.13. The van der Waals surface area contributed by atoms with Gasteiger partial charge in [-0.2, -0.15) is 0 Å². The molecule has 0 unspecified atom stereocenters. The van der Waals surface area contributed by atoms with E-state index in [0.717, 1.165) is 25.1 Å². The Morgan fingerprint density at radius 2 is 1.67 bits per heavy atom. The maximum Gasteiger partial charge on any atom is 0.225 e. The zero-order chi connectivity index (χ0) is 17.4. The molecular weight excluding hydrogens is 296 g/mol. The van der Waals surface area contributed by atoms with Gasteiger partial charge in [-0.25, -0.2) is 0 Å². The Morgan fingerprint density at radius 1 is 1.00 bits per heavy atom. The molecule has 0 fully saturated rings. The van der Waals surface area contributed by atoms with Crippen molar-refractivity contribution in [3.8, 4) is 0 Å². The summed E-state index contributed by atoms with van der Waals surface area (Å²) < 4.78 is 0. The first kappa shape index (κ1) is 18.2. The SMILES string of the molecule is CCc1cccc(CC)c1NC(=O)CCNCc1cccc(C)c1. The summed E-state index contributed by atoms with van der Waals surface area (Å²) in [6, 6.07) is 14.7. The van der Waals surface area contributed by atoms with E-state index in [-0.39, 0.29) is 5.91 Å². The standard InChI is InChI=1S/C21H28N2O/c1-4-18-10-7-11-19(5-2)21(18)23-20(24)12-13-22-15-17-9-6-8-16(3)14-17/h6-11,14,22H,4-5,12-13,15H2,1-3H3,(H,23,24). The minimum atomic E-state index is 0.0716. The van der Waals surface area contributed by atoms with Gasteiger partial charge in [0.2, 0.25) is 5.91 Å². The van der Waals surface area contributed by atoms with Crippen LogP contribution in [0.1, 0.15) is 42.5 Å². The second kappa shape index (κ2) is 9.24. The molecule has 2 rings (SSSR count). The van der Waals surface area contributed by atoms with E-state index in [2.05, 4.69) is 73.9 Å². The van der Waals surface area contributed by atoms with Crippen LogP contribution >= 0.6 is 0 Å². The van der Waals surface area contributed by atoms with Crippen molar-refractivity contribution in [1.82, 2.24) is 5.32 Å². The molecule has 0 aliphatic heterocycles. The van der Waals surface area contributed by atoms with E-state index in [4.69, 9.17) is 0 Å². The van der Waals surface area contributed by atoms with Gasteiger partial charge in [0, 0.05) is 25.2 Å². The summed E-state index contributed by atoms with van der Waals surface area (Å²) in [6.07, 6.45) is 2.33. The molecule has 128 valence electrons. The van der Waals surface area contributed by atoms with Crippen LogP contribution in [0.4, 0.5) is 5.69 Å². The third-order valence-electron chi connectivity index (χ3n) is 4.20. The molecule has 0 aliphatic carbocycles. The van der Waals surface area contributed by atoms with Crippen LogP contribution in [0.3, 0.4) is 0 Å². The first-order valence-corrected chi connectivity index (χ1v) is 8.81. The molecule has 24 heavy (non-hydrogen) atoms. The molecule has 2 aromatic rings. The van der Waals surface area contributed by atoms with Gasteiger partial charge in [0.05, 0.1) is 0 Å². The number of carbonyl (C=O) groups excluding carboxylic acids is 1. The topological polar surface area (TPSA) is 41.1 Å². The lowest BCUT2D eigenvalue weighted by Gasteiger charge is -2.14. The van der Waals surface area contributed by atoms with Crippen molar-refractivity contribution < 1.29 is 4.79 Å². The molecule has 0 radical (unpaired) electrons. The first-order valence-electron chi connectivity index (χ1n) is 8.81. The zero-order valence-corrected chi connectivity index (χ0v) is 15.0. The molecule has 2 N–H and O–H groups in total. The molecule has 3 heteroatoms. The lowest BCUT2D eigenvalue weighted by atomic mass is 10.0. The number of nitrogens with one attached hydrogen (secondary N) is 2. The van der Waals surface area contributed by atoms with Crippen LogP contribution in [0.5, 0.6) is 0 Å². The van der Waals surface area contributed by atoms with Gasteiger partial charge >= 0.3 is 0 Å². The fourth-order valence-corrected chi connectivity index (χ4v) is 2.86. The van der Waals surface area contributed by atoms with Crippen molar-refractivity contribution >= 4 is 11.6 Å². The number of aryl methyl sites for hydroxylation is 3. The Labute approximate surface area is 145 Å². The lowest BCUT2D eigenvalue weighted by molar-refractivity contribution is -0.116. The van der Waals surface area contributed by atoms with Crippen LogP contribution < -0.4 is 10.6 Å². The van der Waals surface area contributed by atoms with E-state index in [1.54, 1.807) is 0 Å². The summed E-state index contributed by atoms with van der Waals surface area (Å²) in [5.41, 5.74) is 5.92. The normalized spacial score (nSPS) is 10.6. The zero-order valence-electron chi connectivity index (χ0n) is 15.0. The Kier molecular flexibility index (Phi) is 7.01. The summed E-state index contributed by atoms with van der Waals surface area (Å²) in [5.74, 6) is 0.0716. The van der Waals surface area contributed by atoms with Crippen LogP contribution in [-0.2, 0) is 24.2 Å². The molecule has 0 heterocycles. The minimum absolute atomic E-state index is 0.0716. The number of carbonyl (C=O) groups is 1. The molecule has 0 atom stereocenters. The highest BCUT2D eigenvalue weighted by atomic mass is 16.1. The fraction of sp³-hybridized carbons (Fsp3) is 0.381. The second-order valence-electron chi connectivity index (χ2n) is 6.12. The predicted octanol–water partition coefficient (Wildman–Crippen LogP) is 4.24. The molecule has 2 aromatic carbocycles. The maximum absolute atomic E-state index is 12.3. The van der Waals surface area contributed by atoms with Gasteiger partial charge < -0.3 is 10.6 Å². The highest BCUT2D eigenvalue weighted by Gasteiger charge is 2.09. The van der Waals surface area contributed by atoms with E-state index in [0.29, 0.717) is 13.0 Å². The fourth-order valence-electron chi connectivity index (χ4n) is 2.86. The van der Waals surface area contributed by atoms with Crippen LogP contribution in [-0.4, -0.2) is 12.5 Å². The van der Waals surface area contributed by atoms with E-state index in [1.165, 1.54) is 22.3 Å². The van der Waals surface area contributed by atoms with Crippen molar-refractivity contribution in [1.29, 1.82) is 0 Å². The lowest BCUT2D eigenvalue weighted by Crippen LogP contribution is -2.22. The third kappa shape index (κ3) is 5.20. The number of anilines is 1. The summed E-state index contributed by atoms with van der Waals surface area (Å²) in [6.45, 7) is 7.80. The first-order chi connectivity index (χ1) is 11.6. The van der Waals surface area contributed by atoms with Crippen LogP contribution in [0.25, 0.3) is 0 Å². The van der Waals surface area contributed by atoms with Gasteiger partial charge in [0.1, 0.15) is 0 Å². The number of benzene rings is 2. The smallest absolute Gasteiger partial charge is 0.225 e. The van der Waals surface area contributed by atoms with Crippen molar-refractivity contribution in [2.45, 2.75) is 46.6 Å². The quantitative estimate of drug-likeness (QED) is 0.713. The maximum atomic E-state index is 12.3. The van der Waals surface area contributed by atoms with Gasteiger partial charge in [-0.1, -0.05) is 61.9 Å². The van der Waals surface area contributed by atoms with Gasteiger partial charge in [0.15, 0.2) is 0 Å². The van der Waals surface area contributed by atoms with Gasteiger partial charge in [-0.15, -0.1) is 0 Å². The second-order valence-corrected chi connectivity index (χ2v) is 6.12. The Morgan fingerprint density at radius 3 is 2.29 bits per heavy atom. The summed E-state index contributed by atoms with van der Waals surface area (Å²) >= 11 is 0. The molecule has 1 amide bonds. The Balaban J connectivity index is 1.83. The highest BCUT2D eigenvalue weighted by Crippen LogP contribution is 2.22. The van der Waals surface area contributed by atoms with E-state index in [1.807, 2.05) is 0 Å². The van der Waals surface area contributed by atoms with E-state index >= 15 is 0 Å². The monoisotopic (exact) mass is 324 g/mol. The number of amides is 1. The average Bonchev–Trinajstić information content (AvgIpc) is 2.59. The van der Waals surface area contributed by atoms with Crippen molar-refractivity contribution in [3.05, 3.63) is 64.7 Å². The molecular formula is C21H28N2O. The van der Waals surface area contributed by atoms with Gasteiger partial charge in [-0.3, -0.25) is 4.79 Å². The number of para-hydroxylation sites is 1. The van der Waals surface area contributed by atoms with Gasteiger partial charge in [-0.05, 0) is 36.5 Å².